The van der Waals surface area contributed by atoms with Gasteiger partial charge in [-0.1, -0.05) is 76.1 Å². The van der Waals surface area contributed by atoms with Crippen molar-refractivity contribution in [2.45, 2.75) is 148 Å². The number of ether oxygens (including phenoxy) is 3. The number of hydrogen-bond donors (Lipinski definition) is 7. The minimum absolute atomic E-state index is 0.0168. The molecule has 2 bridgehead atoms. The molecule has 0 radical (unpaired) electrons. The molecule has 11 nitrogen and oxygen atoms in total. The molecule has 16 atom stereocenters. The van der Waals surface area contributed by atoms with Crippen LogP contribution < -0.4 is 0 Å². The molecule has 55 heavy (non-hydrogen) atoms. The van der Waals surface area contributed by atoms with E-state index in [-0.39, 0.29) is 59.7 Å². The average Bonchev–Trinajstić information content (AvgIpc) is 3.15. The zero-order chi connectivity index (χ0) is 39.4. The second kappa shape index (κ2) is 13.6. The van der Waals surface area contributed by atoms with E-state index >= 15 is 0 Å². The molecular formula is C44H64O11. The Hall–Kier alpha value is -1.93. The largest absolute Gasteiger partial charge is 0.481 e. The van der Waals surface area contributed by atoms with Crippen molar-refractivity contribution in [2.75, 3.05) is 19.8 Å². The van der Waals surface area contributed by atoms with Crippen LogP contribution in [0.5, 0.6) is 0 Å². The lowest BCUT2D eigenvalue weighted by atomic mass is 9.25. The van der Waals surface area contributed by atoms with Crippen molar-refractivity contribution in [2.24, 2.45) is 49.7 Å². The van der Waals surface area contributed by atoms with Crippen LogP contribution in [0.1, 0.15) is 104 Å². The summed E-state index contributed by atoms with van der Waals surface area (Å²) in [6, 6.07) is 9.93. The molecule has 1 aliphatic heterocycles. The summed E-state index contributed by atoms with van der Waals surface area (Å²) in [5.74, 6) is -1.32. The SMILES string of the molecule is C[C@]1(CO)C[C@H](O)[C@@]2(C(=O)O)CC[C@@]34CCC[C@@]5(CC=C3[C@@H]2C1)[C@@]4(C)CCC1[C@](C)(CO)[C@H](O[C@H]2OC[C@@H](O)[C@H](O)[C@H]2O)[C@H](OCc2ccccc2)C[C@@]15C. The first-order valence-corrected chi connectivity index (χ1v) is 20.8. The van der Waals surface area contributed by atoms with Crippen LogP contribution in [0, 0.1) is 49.7 Å². The van der Waals surface area contributed by atoms with Gasteiger partial charge in [0.05, 0.1) is 38.1 Å². The molecule has 1 heterocycles. The molecule has 1 aromatic carbocycles. The molecule has 1 saturated heterocycles. The minimum Gasteiger partial charge on any atom is -0.481 e. The van der Waals surface area contributed by atoms with Gasteiger partial charge in [-0.05, 0) is 109 Å². The van der Waals surface area contributed by atoms with Crippen LogP contribution in [0.15, 0.2) is 42.0 Å². The number of carboxylic acid groups (broad SMARTS) is 1. The van der Waals surface area contributed by atoms with Gasteiger partial charge in [0.25, 0.3) is 0 Å². The highest BCUT2D eigenvalue weighted by atomic mass is 16.7. The molecule has 0 amide bonds. The number of aliphatic hydroxyl groups is 6. The fraction of sp³-hybridized carbons (Fsp3) is 0.795. The number of rotatable bonds is 8. The van der Waals surface area contributed by atoms with Gasteiger partial charge in [0.2, 0.25) is 0 Å². The molecule has 7 N–H and O–H groups in total. The summed E-state index contributed by atoms with van der Waals surface area (Å²) >= 11 is 0. The summed E-state index contributed by atoms with van der Waals surface area (Å²) in [5, 5.41) is 76.6. The lowest BCUT2D eigenvalue weighted by molar-refractivity contribution is -0.347. The monoisotopic (exact) mass is 768 g/mol. The van der Waals surface area contributed by atoms with E-state index in [0.29, 0.717) is 32.3 Å². The highest BCUT2D eigenvalue weighted by Crippen LogP contribution is 2.84. The van der Waals surface area contributed by atoms with Crippen molar-refractivity contribution in [3.8, 4) is 0 Å². The number of carboxylic acids is 1. The minimum atomic E-state index is -1.49. The molecule has 1 aromatic rings. The maximum absolute atomic E-state index is 13.3. The standard InChI is InChI=1S/C44H64O11/c1-38(24-45)19-28-27-11-16-43-14-8-13-42(27,17-18-44(28,37(51)52)32(48)21-38)41(43,4)15-12-31-39(2,25-46)35(55-36-34(50)33(49)29(47)23-54-36)30(20-40(31,43)3)53-22-26-9-6-5-7-10-26/h5-7,9-11,28-36,45-50H,8,12-25H2,1-4H3,(H,51,52)/t28-,29+,30+,31?,32-,33-,34+,35+,36+,38+,39-,40-,41-,42-,43-,44+/m0/s1. The lowest BCUT2D eigenvalue weighted by Gasteiger charge is -2.79. The van der Waals surface area contributed by atoms with Gasteiger partial charge in [-0.25, -0.2) is 0 Å². The van der Waals surface area contributed by atoms with Crippen LogP contribution in [0.2, 0.25) is 0 Å². The Labute approximate surface area is 325 Å². The Morgan fingerprint density at radius 3 is 2.33 bits per heavy atom. The van der Waals surface area contributed by atoms with E-state index in [1.165, 1.54) is 5.57 Å². The summed E-state index contributed by atoms with van der Waals surface area (Å²) in [6.45, 7) is 8.74. The smallest absolute Gasteiger partial charge is 0.312 e. The first-order chi connectivity index (χ1) is 26.0. The zero-order valence-corrected chi connectivity index (χ0v) is 33.0. The molecular weight excluding hydrogens is 704 g/mol. The van der Waals surface area contributed by atoms with E-state index in [2.05, 4.69) is 26.8 Å². The van der Waals surface area contributed by atoms with Crippen LogP contribution in [-0.4, -0.2) is 104 Å². The fourth-order valence-corrected chi connectivity index (χ4v) is 15.0. The van der Waals surface area contributed by atoms with Crippen molar-refractivity contribution >= 4 is 5.97 Å². The van der Waals surface area contributed by atoms with Crippen molar-refractivity contribution in [3.63, 3.8) is 0 Å². The molecule has 5 saturated carbocycles. The number of allylic oxidation sites excluding steroid dienone is 2. The van der Waals surface area contributed by atoms with Gasteiger partial charge in [-0.3, -0.25) is 4.79 Å². The Balaban J connectivity index is 1.22. The number of benzene rings is 1. The zero-order valence-electron chi connectivity index (χ0n) is 33.0. The van der Waals surface area contributed by atoms with Gasteiger partial charge in [0.15, 0.2) is 6.29 Å². The maximum atomic E-state index is 13.3. The Kier molecular flexibility index (Phi) is 9.83. The lowest BCUT2D eigenvalue weighted by Crippen LogP contribution is -2.75. The Bertz CT molecular complexity index is 1650. The molecule has 11 heteroatoms. The number of fused-ring (bicyclic) bond motifs is 3. The Morgan fingerprint density at radius 1 is 0.891 bits per heavy atom. The molecule has 1 unspecified atom stereocenters. The third kappa shape index (κ3) is 5.29. The summed E-state index contributed by atoms with van der Waals surface area (Å²) in [6.07, 6.45) is 2.56. The van der Waals surface area contributed by atoms with Gasteiger partial charge in [-0.2, -0.15) is 0 Å². The second-order valence-corrected chi connectivity index (χ2v) is 20.0. The van der Waals surface area contributed by atoms with Gasteiger partial charge >= 0.3 is 5.97 Å². The molecule has 6 aliphatic carbocycles. The van der Waals surface area contributed by atoms with Crippen LogP contribution in [0.4, 0.5) is 0 Å². The first kappa shape index (κ1) is 39.9. The van der Waals surface area contributed by atoms with Crippen LogP contribution in [0.25, 0.3) is 0 Å². The predicted octanol–water partition coefficient (Wildman–Crippen LogP) is 4.34. The molecule has 6 fully saturated rings. The first-order valence-electron chi connectivity index (χ1n) is 20.8. The number of aliphatic hydroxyl groups excluding tert-OH is 6. The van der Waals surface area contributed by atoms with E-state index in [0.717, 1.165) is 44.1 Å². The third-order valence-electron chi connectivity index (χ3n) is 17.8. The molecule has 0 aromatic heterocycles. The summed E-state index contributed by atoms with van der Waals surface area (Å²) < 4.78 is 19.4. The quantitative estimate of drug-likeness (QED) is 0.147. The van der Waals surface area contributed by atoms with Gasteiger partial charge < -0.3 is 50.0 Å². The van der Waals surface area contributed by atoms with Gasteiger partial charge in [0, 0.05) is 12.0 Å². The molecule has 306 valence electrons. The van der Waals surface area contributed by atoms with Crippen molar-refractivity contribution in [1.82, 2.24) is 0 Å². The Morgan fingerprint density at radius 2 is 1.64 bits per heavy atom. The van der Waals surface area contributed by atoms with Crippen molar-refractivity contribution in [1.29, 1.82) is 0 Å². The second-order valence-electron chi connectivity index (χ2n) is 20.0. The van der Waals surface area contributed by atoms with Crippen molar-refractivity contribution in [3.05, 3.63) is 47.5 Å². The van der Waals surface area contributed by atoms with Crippen LogP contribution in [-0.2, 0) is 25.6 Å². The molecule has 7 aliphatic rings. The average molecular weight is 769 g/mol. The maximum Gasteiger partial charge on any atom is 0.312 e. The predicted molar refractivity (Wildman–Crippen MR) is 201 cm³/mol. The van der Waals surface area contributed by atoms with Crippen LogP contribution >= 0.6 is 0 Å². The van der Waals surface area contributed by atoms with E-state index in [1.807, 2.05) is 37.3 Å². The van der Waals surface area contributed by atoms with E-state index < -0.39 is 65.1 Å². The summed E-state index contributed by atoms with van der Waals surface area (Å²) in [5.41, 5.74) is -1.58. The summed E-state index contributed by atoms with van der Waals surface area (Å²) in [4.78, 5) is 13.3. The van der Waals surface area contributed by atoms with E-state index in [4.69, 9.17) is 14.2 Å². The third-order valence-corrected chi connectivity index (χ3v) is 17.8. The molecule has 8 rings (SSSR count). The topological polar surface area (TPSA) is 186 Å². The normalized spacial score (nSPS) is 51.8. The summed E-state index contributed by atoms with van der Waals surface area (Å²) in [7, 11) is 0. The highest BCUT2D eigenvalue weighted by molar-refractivity contribution is 5.77. The molecule has 1 spiro atoms. The van der Waals surface area contributed by atoms with Gasteiger partial charge in [-0.15, -0.1) is 0 Å². The van der Waals surface area contributed by atoms with Crippen molar-refractivity contribution < 1.29 is 54.8 Å². The van der Waals surface area contributed by atoms with Gasteiger partial charge in [0.1, 0.15) is 23.7 Å². The van der Waals surface area contributed by atoms with E-state index in [9.17, 15) is 40.5 Å². The number of aliphatic carboxylic acids is 1. The van der Waals surface area contributed by atoms with Crippen LogP contribution in [0.3, 0.4) is 0 Å². The van der Waals surface area contributed by atoms with E-state index in [1.54, 1.807) is 0 Å². The number of hydrogen-bond acceptors (Lipinski definition) is 10. The fourth-order valence-electron chi connectivity index (χ4n) is 15.0. The highest BCUT2D eigenvalue weighted by Gasteiger charge is 2.78. The number of carbonyl (C=O) groups is 1.